The van der Waals surface area contributed by atoms with Crippen molar-refractivity contribution in [2.45, 2.75) is 26.7 Å². The van der Waals surface area contributed by atoms with Gasteiger partial charge < -0.3 is 14.8 Å². The van der Waals surface area contributed by atoms with Gasteiger partial charge in [-0.05, 0) is 31.0 Å². The summed E-state index contributed by atoms with van der Waals surface area (Å²) < 4.78 is 12.0. The number of hydrogen-bond donors (Lipinski definition) is 1. The molecular weight excluding hydrogens is 334 g/mol. The molecule has 21 heavy (non-hydrogen) atoms. The minimum Gasteiger partial charge on any atom is -0.490 e. The number of nitrogens with one attached hydrogen (secondary N) is 1. The predicted molar refractivity (Wildman–Crippen MR) is 88.4 cm³/mol. The molecular formula is C16H22BrNO3. The molecule has 0 bridgehead atoms. The fraction of sp³-hybridized carbons (Fsp3) is 0.438. The smallest absolute Gasteiger partial charge is 0.251 e. The van der Waals surface area contributed by atoms with Crippen molar-refractivity contribution in [3.05, 3.63) is 34.8 Å². The zero-order chi connectivity index (χ0) is 15.7. The number of amides is 1. The molecule has 116 valence electrons. The molecule has 0 saturated heterocycles. The summed E-state index contributed by atoms with van der Waals surface area (Å²) >= 11 is 3.21. The van der Waals surface area contributed by atoms with Crippen LogP contribution in [0.15, 0.2) is 29.3 Å². The SMILES string of the molecule is C=C(Br)CNC(=O)c1ccc(OCCC)c(OCCC)c1. The molecule has 0 aliphatic heterocycles. The highest BCUT2D eigenvalue weighted by Crippen LogP contribution is 2.28. The molecule has 0 fully saturated rings. The number of carbonyl (C=O) groups is 1. The summed E-state index contributed by atoms with van der Waals surface area (Å²) in [5.41, 5.74) is 0.540. The van der Waals surface area contributed by atoms with Crippen molar-refractivity contribution < 1.29 is 14.3 Å². The lowest BCUT2D eigenvalue weighted by Gasteiger charge is -2.13. The Labute approximate surface area is 134 Å². The first-order valence-corrected chi connectivity index (χ1v) is 7.88. The third-order valence-electron chi connectivity index (χ3n) is 2.57. The number of rotatable bonds is 9. The fourth-order valence-electron chi connectivity index (χ4n) is 1.58. The third-order valence-corrected chi connectivity index (χ3v) is 2.85. The van der Waals surface area contributed by atoms with Crippen LogP contribution in [0.5, 0.6) is 11.5 Å². The van der Waals surface area contributed by atoms with Crippen LogP contribution in [0.4, 0.5) is 0 Å². The number of benzene rings is 1. The summed E-state index contributed by atoms with van der Waals surface area (Å²) in [5, 5.41) is 2.76. The molecule has 1 rings (SSSR count). The Kier molecular flexibility index (Phi) is 7.90. The van der Waals surface area contributed by atoms with E-state index in [1.807, 2.05) is 13.8 Å². The summed E-state index contributed by atoms with van der Waals surface area (Å²) in [5.74, 6) is 1.11. The van der Waals surface area contributed by atoms with Gasteiger partial charge in [0.15, 0.2) is 11.5 Å². The maximum atomic E-state index is 12.0. The maximum absolute atomic E-state index is 12.0. The standard InChI is InChI=1S/C16H22BrNO3/c1-4-8-20-14-7-6-13(10-15(14)21-9-5-2)16(19)18-11-12(3)17/h6-7,10H,3-5,8-9,11H2,1-2H3,(H,18,19). The molecule has 0 saturated carbocycles. The highest BCUT2D eigenvalue weighted by atomic mass is 79.9. The van der Waals surface area contributed by atoms with Crippen LogP contribution < -0.4 is 14.8 Å². The quantitative estimate of drug-likeness (QED) is 0.730. The summed E-state index contributed by atoms with van der Waals surface area (Å²) in [6.07, 6.45) is 1.82. The van der Waals surface area contributed by atoms with Gasteiger partial charge in [0.25, 0.3) is 5.91 Å². The number of hydrogen-bond acceptors (Lipinski definition) is 3. The molecule has 0 spiro atoms. The van der Waals surface area contributed by atoms with Crippen molar-refractivity contribution in [1.29, 1.82) is 0 Å². The van der Waals surface area contributed by atoms with Crippen molar-refractivity contribution in [2.75, 3.05) is 19.8 Å². The molecule has 0 heterocycles. The van der Waals surface area contributed by atoms with E-state index < -0.39 is 0 Å². The minimum absolute atomic E-state index is 0.168. The first kappa shape index (κ1) is 17.6. The molecule has 4 nitrogen and oxygen atoms in total. The summed E-state index contributed by atoms with van der Waals surface area (Å²) in [6, 6.07) is 5.22. The Morgan fingerprint density at radius 2 is 1.81 bits per heavy atom. The van der Waals surface area contributed by atoms with Gasteiger partial charge in [0, 0.05) is 16.6 Å². The number of ether oxygens (including phenoxy) is 2. The van der Waals surface area contributed by atoms with Crippen LogP contribution in [0.1, 0.15) is 37.0 Å². The Balaban J connectivity index is 2.86. The van der Waals surface area contributed by atoms with Crippen LogP contribution in [0.25, 0.3) is 0 Å². The van der Waals surface area contributed by atoms with Gasteiger partial charge in [-0.1, -0.05) is 36.4 Å². The molecule has 0 radical (unpaired) electrons. The molecule has 1 aromatic rings. The van der Waals surface area contributed by atoms with E-state index in [9.17, 15) is 4.79 Å². The average molecular weight is 356 g/mol. The third kappa shape index (κ3) is 6.21. The second-order valence-electron chi connectivity index (χ2n) is 4.56. The van der Waals surface area contributed by atoms with Crippen molar-refractivity contribution in [3.8, 4) is 11.5 Å². The average Bonchev–Trinajstić information content (AvgIpc) is 2.48. The molecule has 0 aliphatic carbocycles. The monoisotopic (exact) mass is 355 g/mol. The molecule has 0 aromatic heterocycles. The highest BCUT2D eigenvalue weighted by molar-refractivity contribution is 9.11. The first-order chi connectivity index (χ1) is 10.1. The van der Waals surface area contributed by atoms with E-state index in [1.165, 1.54) is 0 Å². The van der Waals surface area contributed by atoms with Crippen molar-refractivity contribution in [1.82, 2.24) is 5.32 Å². The Morgan fingerprint density at radius 1 is 1.19 bits per heavy atom. The first-order valence-electron chi connectivity index (χ1n) is 7.09. The van der Waals surface area contributed by atoms with E-state index in [-0.39, 0.29) is 5.91 Å². The molecule has 1 aromatic carbocycles. The summed E-state index contributed by atoms with van der Waals surface area (Å²) in [4.78, 5) is 12.0. The predicted octanol–water partition coefficient (Wildman–Crippen LogP) is 3.90. The Hall–Kier alpha value is -1.49. The van der Waals surface area contributed by atoms with Gasteiger partial charge in [-0.2, -0.15) is 0 Å². The van der Waals surface area contributed by atoms with E-state index in [4.69, 9.17) is 9.47 Å². The van der Waals surface area contributed by atoms with Gasteiger partial charge in [-0.15, -0.1) is 0 Å². The van der Waals surface area contributed by atoms with Gasteiger partial charge in [0.1, 0.15) is 0 Å². The topological polar surface area (TPSA) is 47.6 Å². The number of carbonyl (C=O) groups excluding carboxylic acids is 1. The molecule has 5 heteroatoms. The second kappa shape index (κ2) is 9.45. The van der Waals surface area contributed by atoms with Crippen LogP contribution in [-0.4, -0.2) is 25.7 Å². The lowest BCUT2D eigenvalue weighted by molar-refractivity contribution is 0.0957. The van der Waals surface area contributed by atoms with Crippen LogP contribution in [0.2, 0.25) is 0 Å². The Bertz CT molecular complexity index is 488. The second-order valence-corrected chi connectivity index (χ2v) is 5.68. The van der Waals surface area contributed by atoms with Crippen LogP contribution >= 0.6 is 15.9 Å². The van der Waals surface area contributed by atoms with E-state index in [1.54, 1.807) is 18.2 Å². The van der Waals surface area contributed by atoms with Gasteiger partial charge in [-0.3, -0.25) is 4.79 Å². The zero-order valence-corrected chi connectivity index (χ0v) is 14.2. The summed E-state index contributed by atoms with van der Waals surface area (Å²) in [7, 11) is 0. The van der Waals surface area contributed by atoms with Crippen molar-refractivity contribution >= 4 is 21.8 Å². The van der Waals surface area contributed by atoms with Crippen molar-refractivity contribution in [3.63, 3.8) is 0 Å². The van der Waals surface area contributed by atoms with E-state index >= 15 is 0 Å². The van der Waals surface area contributed by atoms with E-state index in [0.717, 1.165) is 17.3 Å². The molecule has 0 unspecified atom stereocenters. The van der Waals surface area contributed by atoms with Gasteiger partial charge in [-0.25, -0.2) is 0 Å². The van der Waals surface area contributed by atoms with Gasteiger partial charge in [0.05, 0.1) is 13.2 Å². The lowest BCUT2D eigenvalue weighted by atomic mass is 10.2. The van der Waals surface area contributed by atoms with E-state index in [2.05, 4.69) is 27.8 Å². The van der Waals surface area contributed by atoms with E-state index in [0.29, 0.717) is 36.8 Å². The highest BCUT2D eigenvalue weighted by Gasteiger charge is 2.11. The normalized spacial score (nSPS) is 10.0. The van der Waals surface area contributed by atoms with Crippen LogP contribution in [0, 0.1) is 0 Å². The fourth-order valence-corrected chi connectivity index (χ4v) is 1.72. The van der Waals surface area contributed by atoms with Crippen LogP contribution in [0.3, 0.4) is 0 Å². The molecule has 1 N–H and O–H groups in total. The summed E-state index contributed by atoms with van der Waals surface area (Å²) in [6.45, 7) is 9.36. The number of halogens is 1. The van der Waals surface area contributed by atoms with Crippen LogP contribution in [-0.2, 0) is 0 Å². The molecule has 1 amide bonds. The van der Waals surface area contributed by atoms with Gasteiger partial charge >= 0.3 is 0 Å². The molecule has 0 atom stereocenters. The lowest BCUT2D eigenvalue weighted by Crippen LogP contribution is -2.24. The largest absolute Gasteiger partial charge is 0.490 e. The van der Waals surface area contributed by atoms with Gasteiger partial charge in [0.2, 0.25) is 0 Å². The zero-order valence-electron chi connectivity index (χ0n) is 12.6. The Morgan fingerprint density at radius 3 is 2.38 bits per heavy atom. The van der Waals surface area contributed by atoms with Crippen molar-refractivity contribution in [2.24, 2.45) is 0 Å². The maximum Gasteiger partial charge on any atom is 0.251 e. The molecule has 0 aliphatic rings. The minimum atomic E-state index is -0.168.